The van der Waals surface area contributed by atoms with Crippen LogP contribution < -0.4 is 5.32 Å². The molecule has 1 amide bonds. The molecule has 0 radical (unpaired) electrons. The molecule has 0 spiro atoms. The van der Waals surface area contributed by atoms with Crippen LogP contribution in [0.4, 0.5) is 0 Å². The quantitative estimate of drug-likeness (QED) is 0.658. The lowest BCUT2D eigenvalue weighted by molar-refractivity contribution is -0.141. The molecule has 70 valence electrons. The van der Waals surface area contributed by atoms with Crippen molar-refractivity contribution in [2.75, 3.05) is 0 Å². The van der Waals surface area contributed by atoms with Crippen LogP contribution in [0.25, 0.3) is 0 Å². The van der Waals surface area contributed by atoms with Gasteiger partial charge in [-0.3, -0.25) is 9.59 Å². The van der Waals surface area contributed by atoms with Gasteiger partial charge in [0.25, 0.3) is 0 Å². The third-order valence-corrected chi connectivity index (χ3v) is 1.78. The van der Waals surface area contributed by atoms with E-state index < -0.39 is 12.0 Å². The fourth-order valence-electron chi connectivity index (χ4n) is 0.978. The highest BCUT2D eigenvalue weighted by atomic mass is 16.4. The Balaban J connectivity index is 2.45. The van der Waals surface area contributed by atoms with Gasteiger partial charge in [0.1, 0.15) is 6.04 Å². The SMILES string of the molecule is C[C@H](NC(=O)C1C=CC=C1)C(=O)O. The van der Waals surface area contributed by atoms with Crippen molar-refractivity contribution in [3.8, 4) is 0 Å². The highest BCUT2D eigenvalue weighted by molar-refractivity contribution is 5.87. The van der Waals surface area contributed by atoms with Gasteiger partial charge in [-0.1, -0.05) is 24.3 Å². The maximum Gasteiger partial charge on any atom is 0.325 e. The minimum Gasteiger partial charge on any atom is -0.480 e. The van der Waals surface area contributed by atoms with E-state index in [4.69, 9.17) is 5.11 Å². The van der Waals surface area contributed by atoms with Crippen LogP contribution in [0, 0.1) is 5.92 Å². The lowest BCUT2D eigenvalue weighted by Crippen LogP contribution is -2.40. The topological polar surface area (TPSA) is 66.4 Å². The molecule has 0 aromatic carbocycles. The molecule has 0 aromatic rings. The lowest BCUT2D eigenvalue weighted by atomic mass is 10.1. The summed E-state index contributed by atoms with van der Waals surface area (Å²) in [6.45, 7) is 1.43. The van der Waals surface area contributed by atoms with Gasteiger partial charge in [0.15, 0.2) is 0 Å². The minimum absolute atomic E-state index is 0.278. The van der Waals surface area contributed by atoms with Gasteiger partial charge in [0.2, 0.25) is 5.91 Å². The van der Waals surface area contributed by atoms with Gasteiger partial charge in [0, 0.05) is 0 Å². The van der Waals surface area contributed by atoms with E-state index >= 15 is 0 Å². The van der Waals surface area contributed by atoms with Crippen LogP contribution in [-0.4, -0.2) is 23.0 Å². The smallest absolute Gasteiger partial charge is 0.325 e. The van der Waals surface area contributed by atoms with Crippen molar-refractivity contribution in [1.29, 1.82) is 0 Å². The number of allylic oxidation sites excluding steroid dienone is 2. The van der Waals surface area contributed by atoms with Crippen molar-refractivity contribution >= 4 is 11.9 Å². The van der Waals surface area contributed by atoms with Gasteiger partial charge >= 0.3 is 5.97 Å². The van der Waals surface area contributed by atoms with E-state index in [-0.39, 0.29) is 11.8 Å². The number of carboxylic acids is 1. The normalized spacial score (nSPS) is 17.3. The summed E-state index contributed by atoms with van der Waals surface area (Å²) < 4.78 is 0. The molecule has 1 aliphatic rings. The standard InChI is InChI=1S/C9H11NO3/c1-6(9(12)13)10-8(11)7-4-2-3-5-7/h2-7H,1H3,(H,10,11)(H,12,13)/t6-/m0/s1. The van der Waals surface area contributed by atoms with E-state index in [0.717, 1.165) is 0 Å². The van der Waals surface area contributed by atoms with Crippen molar-refractivity contribution in [3.63, 3.8) is 0 Å². The summed E-state index contributed by atoms with van der Waals surface area (Å²) in [6, 6.07) is -0.838. The summed E-state index contributed by atoms with van der Waals surface area (Å²) in [6.07, 6.45) is 6.94. The Bertz CT molecular complexity index is 269. The van der Waals surface area contributed by atoms with Crippen LogP contribution in [-0.2, 0) is 9.59 Å². The molecule has 1 aliphatic carbocycles. The Hall–Kier alpha value is -1.58. The average Bonchev–Trinajstić information content (AvgIpc) is 2.55. The first-order valence-electron chi connectivity index (χ1n) is 3.99. The molecule has 0 unspecified atom stereocenters. The number of nitrogens with one attached hydrogen (secondary N) is 1. The molecular formula is C9H11NO3. The molecule has 4 heteroatoms. The number of hydrogen-bond donors (Lipinski definition) is 2. The monoisotopic (exact) mass is 181 g/mol. The molecule has 1 atom stereocenters. The zero-order valence-corrected chi connectivity index (χ0v) is 7.23. The number of carboxylic acid groups (broad SMARTS) is 1. The Morgan fingerprint density at radius 2 is 1.92 bits per heavy atom. The number of carbonyl (C=O) groups excluding carboxylic acids is 1. The Kier molecular flexibility index (Phi) is 2.84. The molecule has 4 nitrogen and oxygen atoms in total. The highest BCUT2D eigenvalue weighted by Gasteiger charge is 2.19. The Labute approximate surface area is 75.9 Å². The Morgan fingerprint density at radius 3 is 2.38 bits per heavy atom. The number of hydrogen-bond acceptors (Lipinski definition) is 2. The molecule has 0 aromatic heterocycles. The van der Waals surface area contributed by atoms with Gasteiger partial charge in [-0.25, -0.2) is 0 Å². The zero-order valence-electron chi connectivity index (χ0n) is 7.23. The van der Waals surface area contributed by atoms with E-state index in [1.165, 1.54) is 6.92 Å². The maximum absolute atomic E-state index is 11.3. The molecule has 0 heterocycles. The fourth-order valence-corrected chi connectivity index (χ4v) is 0.978. The van der Waals surface area contributed by atoms with Crippen LogP contribution in [0.5, 0.6) is 0 Å². The molecule has 0 saturated heterocycles. The highest BCUT2D eigenvalue weighted by Crippen LogP contribution is 2.08. The average molecular weight is 181 g/mol. The second-order valence-corrected chi connectivity index (χ2v) is 2.86. The van der Waals surface area contributed by atoms with Crippen LogP contribution in [0.1, 0.15) is 6.92 Å². The summed E-state index contributed by atoms with van der Waals surface area (Å²) in [4.78, 5) is 21.7. The molecule has 0 aliphatic heterocycles. The predicted octanol–water partition coefficient (Wildman–Crippen LogP) is 0.318. The molecule has 0 bridgehead atoms. The number of carbonyl (C=O) groups is 2. The summed E-state index contributed by atoms with van der Waals surface area (Å²) in [7, 11) is 0. The van der Waals surface area contributed by atoms with Crippen LogP contribution in [0.15, 0.2) is 24.3 Å². The minimum atomic E-state index is -1.03. The lowest BCUT2D eigenvalue weighted by Gasteiger charge is -2.11. The molecular weight excluding hydrogens is 170 g/mol. The third-order valence-electron chi connectivity index (χ3n) is 1.78. The molecule has 0 saturated carbocycles. The predicted molar refractivity (Wildman–Crippen MR) is 47.0 cm³/mol. The maximum atomic E-state index is 11.3. The largest absolute Gasteiger partial charge is 0.480 e. The molecule has 2 N–H and O–H groups in total. The summed E-state index contributed by atoms with van der Waals surface area (Å²) in [5.74, 6) is -1.62. The van der Waals surface area contributed by atoms with Crippen molar-refractivity contribution in [3.05, 3.63) is 24.3 Å². The zero-order chi connectivity index (χ0) is 9.84. The first kappa shape index (κ1) is 9.51. The van der Waals surface area contributed by atoms with Crippen molar-refractivity contribution in [2.24, 2.45) is 5.92 Å². The Morgan fingerprint density at radius 1 is 1.38 bits per heavy atom. The fraction of sp³-hybridized carbons (Fsp3) is 0.333. The second kappa shape index (κ2) is 3.89. The van der Waals surface area contributed by atoms with Crippen molar-refractivity contribution < 1.29 is 14.7 Å². The number of amides is 1. The van der Waals surface area contributed by atoms with E-state index in [2.05, 4.69) is 5.32 Å². The van der Waals surface area contributed by atoms with Gasteiger partial charge in [-0.2, -0.15) is 0 Å². The molecule has 13 heavy (non-hydrogen) atoms. The second-order valence-electron chi connectivity index (χ2n) is 2.86. The van der Waals surface area contributed by atoms with Gasteiger partial charge in [0.05, 0.1) is 5.92 Å². The van der Waals surface area contributed by atoms with Gasteiger partial charge in [-0.05, 0) is 6.92 Å². The van der Waals surface area contributed by atoms with Crippen LogP contribution in [0.2, 0.25) is 0 Å². The van der Waals surface area contributed by atoms with Gasteiger partial charge in [-0.15, -0.1) is 0 Å². The first-order chi connectivity index (χ1) is 6.11. The van der Waals surface area contributed by atoms with Gasteiger partial charge < -0.3 is 10.4 Å². The van der Waals surface area contributed by atoms with Crippen molar-refractivity contribution in [2.45, 2.75) is 13.0 Å². The van der Waals surface area contributed by atoms with Crippen LogP contribution in [0.3, 0.4) is 0 Å². The molecule has 0 fully saturated rings. The molecule has 1 rings (SSSR count). The summed E-state index contributed by atoms with van der Waals surface area (Å²) in [5.41, 5.74) is 0. The van der Waals surface area contributed by atoms with E-state index in [0.29, 0.717) is 0 Å². The summed E-state index contributed by atoms with van der Waals surface area (Å²) >= 11 is 0. The number of rotatable bonds is 3. The summed E-state index contributed by atoms with van der Waals surface area (Å²) in [5, 5.41) is 10.9. The van der Waals surface area contributed by atoms with E-state index in [9.17, 15) is 9.59 Å². The van der Waals surface area contributed by atoms with Crippen molar-refractivity contribution in [1.82, 2.24) is 5.32 Å². The first-order valence-corrected chi connectivity index (χ1v) is 3.99. The van der Waals surface area contributed by atoms with E-state index in [1.807, 2.05) is 0 Å². The van der Waals surface area contributed by atoms with Crippen LogP contribution >= 0.6 is 0 Å². The van der Waals surface area contributed by atoms with E-state index in [1.54, 1.807) is 24.3 Å². The third kappa shape index (κ3) is 2.43. The number of aliphatic carboxylic acids is 1.